The summed E-state index contributed by atoms with van der Waals surface area (Å²) in [6.07, 6.45) is 0.519. The van der Waals surface area contributed by atoms with E-state index < -0.39 is 10.7 Å². The number of rotatable bonds is 4. The highest BCUT2D eigenvalue weighted by molar-refractivity contribution is 7.72. The summed E-state index contributed by atoms with van der Waals surface area (Å²) in [6, 6.07) is 5.47. The lowest BCUT2D eigenvalue weighted by Gasteiger charge is -2.07. The van der Waals surface area contributed by atoms with E-state index in [0.717, 1.165) is 16.8 Å². The van der Waals surface area contributed by atoms with Crippen LogP contribution in [0.4, 0.5) is 5.69 Å². The molecule has 1 amide bonds. The predicted octanol–water partition coefficient (Wildman–Crippen LogP) is 1.11. The van der Waals surface area contributed by atoms with Crippen molar-refractivity contribution in [2.24, 2.45) is 0 Å². The SMILES string of the molecule is CC(=O)Nc1ccc(CC[SH](=O)=O)c(C)c1. The highest BCUT2D eigenvalue weighted by Crippen LogP contribution is 2.15. The van der Waals surface area contributed by atoms with Gasteiger partial charge in [-0.15, -0.1) is 0 Å². The van der Waals surface area contributed by atoms with E-state index in [0.29, 0.717) is 6.42 Å². The Balaban J connectivity index is 2.78. The number of nitrogens with one attached hydrogen (secondary N) is 1. The maximum atomic E-state index is 10.8. The number of aryl methyl sites for hydroxylation is 2. The van der Waals surface area contributed by atoms with Gasteiger partial charge in [0, 0.05) is 12.6 Å². The smallest absolute Gasteiger partial charge is 0.221 e. The number of carbonyl (C=O) groups is 1. The molecule has 0 aliphatic carbocycles. The summed E-state index contributed by atoms with van der Waals surface area (Å²) in [5.74, 6) is 0.0464. The van der Waals surface area contributed by atoms with Gasteiger partial charge in [0.2, 0.25) is 5.91 Å². The van der Waals surface area contributed by atoms with Crippen LogP contribution < -0.4 is 5.32 Å². The van der Waals surface area contributed by atoms with E-state index in [9.17, 15) is 13.2 Å². The fourth-order valence-corrected chi connectivity index (χ4v) is 1.89. The largest absolute Gasteiger partial charge is 0.326 e. The summed E-state index contributed by atoms with van der Waals surface area (Å²) in [4.78, 5) is 10.8. The Hall–Kier alpha value is -1.36. The van der Waals surface area contributed by atoms with Crippen LogP contribution in [-0.4, -0.2) is 20.1 Å². The molecule has 1 rings (SSSR count). The van der Waals surface area contributed by atoms with Crippen molar-refractivity contribution in [1.82, 2.24) is 0 Å². The first-order valence-electron chi connectivity index (χ1n) is 4.98. The van der Waals surface area contributed by atoms with Crippen LogP contribution in [0, 0.1) is 6.92 Å². The van der Waals surface area contributed by atoms with Crippen LogP contribution in [0.5, 0.6) is 0 Å². The topological polar surface area (TPSA) is 63.2 Å². The first-order chi connectivity index (χ1) is 7.49. The van der Waals surface area contributed by atoms with Gasteiger partial charge in [-0.1, -0.05) is 6.07 Å². The minimum absolute atomic E-state index is 0.116. The van der Waals surface area contributed by atoms with Crippen molar-refractivity contribution < 1.29 is 13.2 Å². The molecule has 1 aromatic rings. The van der Waals surface area contributed by atoms with Gasteiger partial charge in [-0.2, -0.15) is 0 Å². The number of hydrogen-bond acceptors (Lipinski definition) is 3. The Morgan fingerprint density at radius 1 is 1.38 bits per heavy atom. The third-order valence-corrected chi connectivity index (χ3v) is 2.82. The highest BCUT2D eigenvalue weighted by atomic mass is 32.2. The fraction of sp³-hybridized carbons (Fsp3) is 0.364. The molecular formula is C11H15NO3S. The van der Waals surface area contributed by atoms with Crippen LogP contribution in [0.2, 0.25) is 0 Å². The molecule has 1 N–H and O–H groups in total. The summed E-state index contributed by atoms with van der Waals surface area (Å²) < 4.78 is 21.0. The number of thiol groups is 1. The Labute approximate surface area is 96.6 Å². The second-order valence-electron chi connectivity index (χ2n) is 3.63. The highest BCUT2D eigenvalue weighted by Gasteiger charge is 2.02. The first-order valence-corrected chi connectivity index (χ1v) is 6.34. The van der Waals surface area contributed by atoms with Crippen molar-refractivity contribution in [3.05, 3.63) is 29.3 Å². The zero-order valence-corrected chi connectivity index (χ0v) is 10.2. The lowest BCUT2D eigenvalue weighted by molar-refractivity contribution is -0.114. The third-order valence-electron chi connectivity index (χ3n) is 2.23. The van der Waals surface area contributed by atoms with E-state index in [4.69, 9.17) is 0 Å². The van der Waals surface area contributed by atoms with Gasteiger partial charge in [0.05, 0.1) is 5.75 Å². The maximum absolute atomic E-state index is 10.8. The Bertz CT molecular complexity index is 458. The average Bonchev–Trinajstić information content (AvgIpc) is 2.15. The van der Waals surface area contributed by atoms with Crippen LogP contribution in [0.3, 0.4) is 0 Å². The van der Waals surface area contributed by atoms with Gasteiger partial charge in [0.1, 0.15) is 10.7 Å². The number of carbonyl (C=O) groups excluding carboxylic acids is 1. The Kier molecular flexibility index (Phi) is 4.49. The lowest BCUT2D eigenvalue weighted by atomic mass is 10.1. The monoisotopic (exact) mass is 241 g/mol. The predicted molar refractivity (Wildman–Crippen MR) is 64.4 cm³/mol. The van der Waals surface area contributed by atoms with Gasteiger partial charge in [0.15, 0.2) is 0 Å². The molecule has 0 saturated heterocycles. The zero-order valence-electron chi connectivity index (χ0n) is 9.32. The molecule has 0 bridgehead atoms. The lowest BCUT2D eigenvalue weighted by Crippen LogP contribution is -2.06. The maximum Gasteiger partial charge on any atom is 0.221 e. The van der Waals surface area contributed by atoms with Crippen molar-refractivity contribution in [3.8, 4) is 0 Å². The van der Waals surface area contributed by atoms with Gasteiger partial charge < -0.3 is 5.32 Å². The number of benzene rings is 1. The van der Waals surface area contributed by atoms with Crippen molar-refractivity contribution in [1.29, 1.82) is 0 Å². The molecule has 0 spiro atoms. The van der Waals surface area contributed by atoms with Gasteiger partial charge in [-0.3, -0.25) is 4.79 Å². The Morgan fingerprint density at radius 3 is 2.56 bits per heavy atom. The molecule has 88 valence electrons. The standard InChI is InChI=1S/C11H15NO3S/c1-8-7-11(12-9(2)13)4-3-10(8)5-6-16(14)15/h3-4,7,16H,5-6H2,1-2H3,(H,12,13). The van der Waals surface area contributed by atoms with Crippen LogP contribution in [0.25, 0.3) is 0 Å². The number of hydrogen-bond donors (Lipinski definition) is 2. The Morgan fingerprint density at radius 2 is 2.06 bits per heavy atom. The van der Waals surface area contributed by atoms with E-state index in [1.165, 1.54) is 6.92 Å². The molecule has 0 unspecified atom stereocenters. The molecule has 0 saturated carbocycles. The minimum atomic E-state index is -2.33. The minimum Gasteiger partial charge on any atom is -0.326 e. The molecular weight excluding hydrogens is 226 g/mol. The summed E-state index contributed by atoms with van der Waals surface area (Å²) in [5.41, 5.74) is 2.72. The molecule has 0 radical (unpaired) electrons. The van der Waals surface area contributed by atoms with Crippen LogP contribution in [0.1, 0.15) is 18.1 Å². The molecule has 4 nitrogen and oxygen atoms in total. The van der Waals surface area contributed by atoms with Crippen molar-refractivity contribution in [2.45, 2.75) is 20.3 Å². The molecule has 0 aromatic heterocycles. The van der Waals surface area contributed by atoms with Crippen LogP contribution in [0.15, 0.2) is 18.2 Å². The number of amides is 1. The molecule has 1 aromatic carbocycles. The van der Waals surface area contributed by atoms with Crippen LogP contribution in [-0.2, 0) is 21.9 Å². The quantitative estimate of drug-likeness (QED) is 0.776. The molecule has 0 atom stereocenters. The van der Waals surface area contributed by atoms with E-state index in [1.54, 1.807) is 6.07 Å². The first kappa shape index (κ1) is 12.7. The summed E-state index contributed by atoms with van der Waals surface area (Å²) in [7, 11) is -2.33. The van der Waals surface area contributed by atoms with Gasteiger partial charge >= 0.3 is 0 Å². The molecule has 0 aliphatic rings. The third kappa shape index (κ3) is 4.02. The summed E-state index contributed by atoms with van der Waals surface area (Å²) in [5, 5.41) is 2.68. The van der Waals surface area contributed by atoms with Crippen molar-refractivity contribution in [2.75, 3.05) is 11.1 Å². The normalized spacial score (nSPS) is 10.4. The molecule has 0 heterocycles. The second-order valence-corrected chi connectivity index (χ2v) is 4.74. The van der Waals surface area contributed by atoms with E-state index in [2.05, 4.69) is 5.32 Å². The zero-order chi connectivity index (χ0) is 12.1. The molecule has 0 aliphatic heterocycles. The number of anilines is 1. The fourth-order valence-electron chi connectivity index (χ4n) is 1.47. The summed E-state index contributed by atoms with van der Waals surface area (Å²) >= 11 is 0. The second kappa shape index (κ2) is 5.65. The van der Waals surface area contributed by atoms with Gasteiger partial charge in [-0.25, -0.2) is 8.42 Å². The summed E-state index contributed by atoms with van der Waals surface area (Å²) in [6.45, 7) is 3.35. The molecule has 16 heavy (non-hydrogen) atoms. The van der Waals surface area contributed by atoms with Crippen molar-refractivity contribution >= 4 is 22.3 Å². The van der Waals surface area contributed by atoms with Gasteiger partial charge in [-0.05, 0) is 36.6 Å². The van der Waals surface area contributed by atoms with E-state index in [-0.39, 0.29) is 11.7 Å². The molecule has 5 heteroatoms. The van der Waals surface area contributed by atoms with E-state index >= 15 is 0 Å². The molecule has 0 fully saturated rings. The van der Waals surface area contributed by atoms with Crippen LogP contribution >= 0.6 is 0 Å². The average molecular weight is 241 g/mol. The van der Waals surface area contributed by atoms with E-state index in [1.807, 2.05) is 19.1 Å². The van der Waals surface area contributed by atoms with Gasteiger partial charge in [0.25, 0.3) is 0 Å². The van der Waals surface area contributed by atoms with Crippen molar-refractivity contribution in [3.63, 3.8) is 0 Å².